The summed E-state index contributed by atoms with van der Waals surface area (Å²) >= 11 is 0. The number of rotatable bonds is 5. The minimum Gasteiger partial charge on any atom is -0.474 e. The van der Waals surface area contributed by atoms with E-state index in [-0.39, 0.29) is 11.9 Å². The zero-order chi connectivity index (χ0) is 17.1. The molecule has 1 aliphatic heterocycles. The summed E-state index contributed by atoms with van der Waals surface area (Å²) in [6.45, 7) is 1.18. The Balaban J connectivity index is 1.51. The first-order chi connectivity index (χ1) is 12.3. The Morgan fingerprint density at radius 2 is 1.84 bits per heavy atom. The van der Waals surface area contributed by atoms with Gasteiger partial charge < -0.3 is 9.30 Å². The molecule has 0 saturated heterocycles. The summed E-state index contributed by atoms with van der Waals surface area (Å²) in [4.78, 5) is 4.75. The fraction of sp³-hybridized carbons (Fsp3) is 0.190. The quantitative estimate of drug-likeness (QED) is 0.691. The van der Waals surface area contributed by atoms with Gasteiger partial charge in [-0.1, -0.05) is 42.5 Å². The van der Waals surface area contributed by atoms with Gasteiger partial charge >= 0.3 is 0 Å². The van der Waals surface area contributed by atoms with Crippen LogP contribution < -0.4 is 0 Å². The number of aliphatic imine (C=N–C) groups is 1. The van der Waals surface area contributed by atoms with Crippen molar-refractivity contribution < 1.29 is 9.13 Å². The van der Waals surface area contributed by atoms with E-state index in [9.17, 15) is 4.39 Å². The Bertz CT molecular complexity index is 886. The molecule has 1 atom stereocenters. The van der Waals surface area contributed by atoms with E-state index in [2.05, 4.69) is 12.1 Å². The van der Waals surface area contributed by atoms with Crippen LogP contribution in [0.5, 0.6) is 0 Å². The maximum Gasteiger partial charge on any atom is 0.233 e. The molecule has 1 aromatic heterocycles. The average Bonchev–Trinajstić information content (AvgIpc) is 3.25. The molecule has 126 valence electrons. The summed E-state index contributed by atoms with van der Waals surface area (Å²) in [6, 6.07) is 21.1. The lowest BCUT2D eigenvalue weighted by Gasteiger charge is -2.09. The van der Waals surface area contributed by atoms with Gasteiger partial charge in [-0.3, -0.25) is 0 Å². The van der Waals surface area contributed by atoms with E-state index in [4.69, 9.17) is 9.73 Å². The van der Waals surface area contributed by atoms with Crippen molar-refractivity contribution in [3.63, 3.8) is 0 Å². The van der Waals surface area contributed by atoms with E-state index >= 15 is 0 Å². The lowest BCUT2D eigenvalue weighted by atomic mass is 10.1. The van der Waals surface area contributed by atoms with Crippen LogP contribution in [0.4, 0.5) is 4.39 Å². The van der Waals surface area contributed by atoms with Crippen LogP contribution in [-0.2, 0) is 17.7 Å². The Hall–Kier alpha value is -2.88. The van der Waals surface area contributed by atoms with Gasteiger partial charge in [0.15, 0.2) is 0 Å². The molecule has 4 rings (SSSR count). The van der Waals surface area contributed by atoms with Gasteiger partial charge in [0.05, 0.1) is 6.04 Å². The van der Waals surface area contributed by atoms with Crippen LogP contribution in [0.2, 0.25) is 0 Å². The molecule has 0 N–H and O–H groups in total. The molecule has 2 aromatic carbocycles. The molecule has 2 heterocycles. The predicted molar refractivity (Wildman–Crippen MR) is 96.4 cm³/mol. The molecule has 0 radical (unpaired) electrons. The van der Waals surface area contributed by atoms with Crippen LogP contribution in [-0.4, -0.2) is 23.1 Å². The Morgan fingerprint density at radius 1 is 1.00 bits per heavy atom. The van der Waals surface area contributed by atoms with Crippen molar-refractivity contribution in [2.75, 3.05) is 6.61 Å². The number of ether oxygens (including phenoxy) is 1. The van der Waals surface area contributed by atoms with E-state index in [1.54, 1.807) is 12.1 Å². The third kappa shape index (κ3) is 3.63. The van der Waals surface area contributed by atoms with Crippen molar-refractivity contribution in [1.82, 2.24) is 4.57 Å². The largest absolute Gasteiger partial charge is 0.474 e. The molecule has 0 saturated carbocycles. The maximum absolute atomic E-state index is 13.4. The molecule has 0 unspecified atom stereocenters. The molecule has 0 amide bonds. The molecular weight excluding hydrogens is 315 g/mol. The molecule has 3 nitrogen and oxygen atoms in total. The van der Waals surface area contributed by atoms with Crippen LogP contribution in [0.1, 0.15) is 16.8 Å². The van der Waals surface area contributed by atoms with Crippen LogP contribution in [0.3, 0.4) is 0 Å². The Labute approximate surface area is 146 Å². The summed E-state index contributed by atoms with van der Waals surface area (Å²) in [5.41, 5.74) is 3.10. The second-order valence-corrected chi connectivity index (χ2v) is 6.24. The standard InChI is InChI=1S/C21H19FN2O/c22-18-9-4-8-17(12-18)14-24-11-5-10-20(24)21-23-19(15-25-21)13-16-6-2-1-3-7-16/h1-12,19H,13-15H2/t19-/m0/s1. The SMILES string of the molecule is Fc1cccc(Cn2cccc2C2=N[C@@H](Cc3ccccc3)CO2)c1. The van der Waals surface area contributed by atoms with E-state index in [0.29, 0.717) is 19.0 Å². The average molecular weight is 334 g/mol. The number of nitrogens with zero attached hydrogens (tertiary/aromatic N) is 2. The molecule has 4 heteroatoms. The summed E-state index contributed by atoms with van der Waals surface area (Å²) < 4.78 is 21.3. The van der Waals surface area contributed by atoms with Gasteiger partial charge in [0.2, 0.25) is 5.90 Å². The van der Waals surface area contributed by atoms with E-state index in [1.807, 2.05) is 47.2 Å². The monoisotopic (exact) mass is 334 g/mol. The predicted octanol–water partition coefficient (Wildman–Crippen LogP) is 4.06. The topological polar surface area (TPSA) is 26.5 Å². The zero-order valence-electron chi connectivity index (χ0n) is 13.8. The van der Waals surface area contributed by atoms with Crippen LogP contribution in [0.25, 0.3) is 0 Å². The first-order valence-electron chi connectivity index (χ1n) is 8.42. The summed E-state index contributed by atoms with van der Waals surface area (Å²) in [5.74, 6) is 0.450. The van der Waals surface area contributed by atoms with Crippen molar-refractivity contribution in [3.05, 3.63) is 95.6 Å². The van der Waals surface area contributed by atoms with Gasteiger partial charge in [0.25, 0.3) is 0 Å². The Morgan fingerprint density at radius 3 is 2.68 bits per heavy atom. The minimum atomic E-state index is -0.219. The van der Waals surface area contributed by atoms with Crippen LogP contribution in [0, 0.1) is 5.82 Å². The molecule has 0 bridgehead atoms. The maximum atomic E-state index is 13.4. The molecule has 0 spiro atoms. The van der Waals surface area contributed by atoms with Crippen molar-refractivity contribution >= 4 is 5.90 Å². The molecule has 25 heavy (non-hydrogen) atoms. The van der Waals surface area contributed by atoms with Crippen molar-refractivity contribution in [1.29, 1.82) is 0 Å². The van der Waals surface area contributed by atoms with Crippen LogP contribution >= 0.6 is 0 Å². The number of hydrogen-bond donors (Lipinski definition) is 0. The van der Waals surface area contributed by atoms with Crippen molar-refractivity contribution in [2.45, 2.75) is 19.0 Å². The number of aromatic nitrogens is 1. The van der Waals surface area contributed by atoms with Gasteiger partial charge in [-0.2, -0.15) is 0 Å². The van der Waals surface area contributed by atoms with Gasteiger partial charge in [-0.25, -0.2) is 9.38 Å². The highest BCUT2D eigenvalue weighted by Gasteiger charge is 2.22. The summed E-state index contributed by atoms with van der Waals surface area (Å²) in [6.07, 6.45) is 2.84. The van der Waals surface area contributed by atoms with Crippen molar-refractivity contribution in [2.24, 2.45) is 4.99 Å². The molecule has 3 aromatic rings. The highest BCUT2D eigenvalue weighted by Crippen LogP contribution is 2.18. The number of hydrogen-bond acceptors (Lipinski definition) is 2. The lowest BCUT2D eigenvalue weighted by Crippen LogP contribution is -2.11. The van der Waals surface area contributed by atoms with Gasteiger partial charge in [-0.15, -0.1) is 0 Å². The summed E-state index contributed by atoms with van der Waals surface area (Å²) in [5, 5.41) is 0. The third-order valence-corrected chi connectivity index (χ3v) is 4.32. The molecule has 0 aliphatic carbocycles. The lowest BCUT2D eigenvalue weighted by molar-refractivity contribution is 0.315. The molecular formula is C21H19FN2O. The normalized spacial score (nSPS) is 16.5. The highest BCUT2D eigenvalue weighted by atomic mass is 19.1. The third-order valence-electron chi connectivity index (χ3n) is 4.32. The highest BCUT2D eigenvalue weighted by molar-refractivity contribution is 5.93. The first kappa shape index (κ1) is 15.6. The first-order valence-corrected chi connectivity index (χ1v) is 8.42. The van der Waals surface area contributed by atoms with E-state index in [0.717, 1.165) is 17.7 Å². The second kappa shape index (κ2) is 6.93. The minimum absolute atomic E-state index is 0.134. The fourth-order valence-corrected chi connectivity index (χ4v) is 3.12. The van der Waals surface area contributed by atoms with Crippen LogP contribution in [0.15, 0.2) is 77.9 Å². The van der Waals surface area contributed by atoms with Gasteiger partial charge in [0, 0.05) is 12.7 Å². The molecule has 0 fully saturated rings. The molecule has 1 aliphatic rings. The number of benzene rings is 2. The van der Waals surface area contributed by atoms with E-state index in [1.165, 1.54) is 11.6 Å². The summed E-state index contributed by atoms with van der Waals surface area (Å²) in [7, 11) is 0. The van der Waals surface area contributed by atoms with E-state index < -0.39 is 0 Å². The number of halogens is 1. The van der Waals surface area contributed by atoms with Gasteiger partial charge in [0.1, 0.15) is 18.1 Å². The Kier molecular flexibility index (Phi) is 4.34. The smallest absolute Gasteiger partial charge is 0.233 e. The fourth-order valence-electron chi connectivity index (χ4n) is 3.12. The van der Waals surface area contributed by atoms with Gasteiger partial charge in [-0.05, 0) is 41.8 Å². The van der Waals surface area contributed by atoms with Crippen molar-refractivity contribution in [3.8, 4) is 0 Å². The second-order valence-electron chi connectivity index (χ2n) is 6.24. The zero-order valence-corrected chi connectivity index (χ0v) is 13.8.